The highest BCUT2D eigenvalue weighted by atomic mass is 32.2. The summed E-state index contributed by atoms with van der Waals surface area (Å²) < 4.78 is 35.2. The van der Waals surface area contributed by atoms with E-state index in [4.69, 9.17) is 22.1 Å². The summed E-state index contributed by atoms with van der Waals surface area (Å²) in [5.74, 6) is 0.180. The van der Waals surface area contributed by atoms with Crippen LogP contribution < -0.4 is 0 Å². The van der Waals surface area contributed by atoms with E-state index in [1.807, 2.05) is 56.5 Å². The molecule has 3 heterocycles. The summed E-state index contributed by atoms with van der Waals surface area (Å²) in [6.45, 7) is 6.12. The molecule has 0 atom stereocenters. The molecule has 1 aromatic heterocycles. The fourth-order valence-electron chi connectivity index (χ4n) is 4.31. The van der Waals surface area contributed by atoms with Crippen molar-refractivity contribution < 1.29 is 17.9 Å². The SMILES string of the molecule is CC(C)CN1C(=O)/C(=C\c2cn(-c3ccccc3)nc2-c2ccc(S(=O)(=O)N3CCOCC3)cc2)SC1=S. The molecule has 0 radical (unpaired) electrons. The number of rotatable bonds is 7. The fraction of sp³-hybridized carbons (Fsp3) is 0.296. The normalized spacial score (nSPS) is 18.2. The van der Waals surface area contributed by atoms with Crippen molar-refractivity contribution >= 4 is 50.3 Å². The highest BCUT2D eigenvalue weighted by molar-refractivity contribution is 8.26. The first-order chi connectivity index (χ1) is 18.2. The highest BCUT2D eigenvalue weighted by Gasteiger charge is 2.33. The number of aromatic nitrogens is 2. The van der Waals surface area contributed by atoms with E-state index in [2.05, 4.69) is 0 Å². The van der Waals surface area contributed by atoms with Gasteiger partial charge >= 0.3 is 0 Å². The zero-order valence-electron chi connectivity index (χ0n) is 21.1. The van der Waals surface area contributed by atoms with Crippen LogP contribution in [0.5, 0.6) is 0 Å². The Morgan fingerprint density at radius 1 is 1.08 bits per heavy atom. The molecule has 38 heavy (non-hydrogen) atoms. The number of para-hydroxylation sites is 1. The maximum absolute atomic E-state index is 13.1. The smallest absolute Gasteiger partial charge is 0.266 e. The molecule has 3 aromatic rings. The quantitative estimate of drug-likeness (QED) is 0.308. The Hall–Kier alpha value is -2.83. The minimum absolute atomic E-state index is 0.112. The molecule has 2 aromatic carbocycles. The summed E-state index contributed by atoms with van der Waals surface area (Å²) >= 11 is 6.76. The lowest BCUT2D eigenvalue weighted by atomic mass is 10.1. The number of nitrogens with zero attached hydrogens (tertiary/aromatic N) is 4. The van der Waals surface area contributed by atoms with Crippen molar-refractivity contribution in [1.29, 1.82) is 0 Å². The van der Waals surface area contributed by atoms with Crippen LogP contribution in [0.25, 0.3) is 23.0 Å². The third kappa shape index (κ3) is 5.48. The summed E-state index contributed by atoms with van der Waals surface area (Å²) in [4.78, 5) is 15.5. The van der Waals surface area contributed by atoms with Crippen molar-refractivity contribution in [3.63, 3.8) is 0 Å². The van der Waals surface area contributed by atoms with Gasteiger partial charge in [0.05, 0.1) is 34.4 Å². The highest BCUT2D eigenvalue weighted by Crippen LogP contribution is 2.35. The van der Waals surface area contributed by atoms with Crippen molar-refractivity contribution in [2.45, 2.75) is 18.7 Å². The van der Waals surface area contributed by atoms with E-state index in [9.17, 15) is 13.2 Å². The Labute approximate surface area is 232 Å². The number of ether oxygens (including phenoxy) is 1. The third-order valence-electron chi connectivity index (χ3n) is 6.21. The van der Waals surface area contributed by atoms with Crippen LogP contribution in [0.4, 0.5) is 0 Å². The van der Waals surface area contributed by atoms with Crippen LogP contribution in [-0.4, -0.2) is 70.5 Å². The van der Waals surface area contributed by atoms with Gasteiger partial charge in [-0.15, -0.1) is 0 Å². The fourth-order valence-corrected chi connectivity index (χ4v) is 6.99. The Kier molecular flexibility index (Phi) is 7.83. The van der Waals surface area contributed by atoms with Crippen molar-refractivity contribution in [2.24, 2.45) is 5.92 Å². The Balaban J connectivity index is 1.52. The van der Waals surface area contributed by atoms with Crippen LogP contribution >= 0.6 is 24.0 Å². The van der Waals surface area contributed by atoms with Gasteiger partial charge in [-0.2, -0.15) is 9.40 Å². The molecule has 11 heteroatoms. The number of thiocarbonyl (C=S) groups is 1. The maximum Gasteiger partial charge on any atom is 0.266 e. The summed E-state index contributed by atoms with van der Waals surface area (Å²) in [7, 11) is -3.61. The monoisotopic (exact) mass is 568 g/mol. The molecule has 0 spiro atoms. The van der Waals surface area contributed by atoms with Crippen LogP contribution in [0.15, 0.2) is 70.6 Å². The van der Waals surface area contributed by atoms with E-state index in [0.29, 0.717) is 53.7 Å². The topological polar surface area (TPSA) is 84.7 Å². The molecule has 5 rings (SSSR count). The predicted octanol–water partition coefficient (Wildman–Crippen LogP) is 4.42. The number of thioether (sulfide) groups is 1. The minimum Gasteiger partial charge on any atom is -0.379 e. The van der Waals surface area contributed by atoms with Crippen molar-refractivity contribution in [1.82, 2.24) is 19.0 Å². The molecule has 0 bridgehead atoms. The molecular formula is C27H28N4O4S3. The van der Waals surface area contributed by atoms with Crippen LogP contribution in [-0.2, 0) is 19.6 Å². The van der Waals surface area contributed by atoms with E-state index in [0.717, 1.165) is 16.8 Å². The van der Waals surface area contributed by atoms with Gasteiger partial charge in [-0.3, -0.25) is 9.69 Å². The number of hydrogen-bond donors (Lipinski definition) is 0. The number of carbonyl (C=O) groups is 1. The van der Waals surface area contributed by atoms with Gasteiger partial charge in [0.1, 0.15) is 4.32 Å². The second kappa shape index (κ2) is 11.1. The summed E-state index contributed by atoms with van der Waals surface area (Å²) in [6.07, 6.45) is 3.69. The van der Waals surface area contributed by atoms with Gasteiger partial charge < -0.3 is 4.74 Å². The van der Waals surface area contributed by atoms with Crippen molar-refractivity contribution in [2.75, 3.05) is 32.8 Å². The largest absolute Gasteiger partial charge is 0.379 e. The number of hydrogen-bond acceptors (Lipinski definition) is 7. The van der Waals surface area contributed by atoms with Gasteiger partial charge in [-0.05, 0) is 36.3 Å². The number of amides is 1. The first kappa shape index (κ1) is 26.8. The number of benzene rings is 2. The van der Waals surface area contributed by atoms with E-state index in [-0.39, 0.29) is 10.8 Å². The van der Waals surface area contributed by atoms with E-state index in [1.165, 1.54) is 16.1 Å². The lowest BCUT2D eigenvalue weighted by molar-refractivity contribution is -0.122. The van der Waals surface area contributed by atoms with Gasteiger partial charge in [0.2, 0.25) is 10.0 Å². The van der Waals surface area contributed by atoms with Crippen LogP contribution in [0.3, 0.4) is 0 Å². The Bertz CT molecular complexity index is 1480. The van der Waals surface area contributed by atoms with E-state index in [1.54, 1.807) is 33.8 Å². The Morgan fingerprint density at radius 2 is 1.76 bits per heavy atom. The molecule has 8 nitrogen and oxygen atoms in total. The molecule has 2 aliphatic rings. The molecule has 2 fully saturated rings. The average molecular weight is 569 g/mol. The van der Waals surface area contributed by atoms with Gasteiger partial charge in [-0.25, -0.2) is 13.1 Å². The van der Waals surface area contributed by atoms with Gasteiger partial charge in [-0.1, -0.05) is 68.2 Å². The second-order valence-electron chi connectivity index (χ2n) is 9.44. The third-order valence-corrected chi connectivity index (χ3v) is 9.50. The van der Waals surface area contributed by atoms with Gasteiger partial charge in [0, 0.05) is 37.0 Å². The molecule has 198 valence electrons. The van der Waals surface area contributed by atoms with Crippen molar-refractivity contribution in [3.8, 4) is 16.9 Å². The zero-order valence-corrected chi connectivity index (χ0v) is 23.6. The minimum atomic E-state index is -3.61. The molecule has 2 saturated heterocycles. The lowest BCUT2D eigenvalue weighted by Gasteiger charge is -2.26. The molecular weight excluding hydrogens is 541 g/mol. The van der Waals surface area contributed by atoms with Crippen LogP contribution in [0.1, 0.15) is 19.4 Å². The predicted molar refractivity (Wildman–Crippen MR) is 153 cm³/mol. The number of carbonyl (C=O) groups excluding carboxylic acids is 1. The first-order valence-electron chi connectivity index (χ1n) is 12.3. The summed E-state index contributed by atoms with van der Waals surface area (Å²) in [6, 6.07) is 16.4. The average Bonchev–Trinajstić information content (AvgIpc) is 3.46. The second-order valence-corrected chi connectivity index (χ2v) is 13.1. The molecule has 0 unspecified atom stereocenters. The summed E-state index contributed by atoms with van der Waals surface area (Å²) in [5.41, 5.74) is 2.98. The molecule has 0 saturated carbocycles. The standard InChI is InChI=1S/C27H28N4O4S3/c1-19(2)17-30-26(32)24(37-27(30)36)16-21-18-31(22-6-4-3-5-7-22)28-25(21)20-8-10-23(11-9-20)38(33,34)29-12-14-35-15-13-29/h3-11,16,18-19H,12-15,17H2,1-2H3/b24-16+. The Morgan fingerprint density at radius 3 is 2.42 bits per heavy atom. The van der Waals surface area contributed by atoms with Crippen LogP contribution in [0, 0.1) is 5.92 Å². The molecule has 2 aliphatic heterocycles. The van der Waals surface area contributed by atoms with E-state index >= 15 is 0 Å². The van der Waals surface area contributed by atoms with Crippen molar-refractivity contribution in [3.05, 3.63) is 71.3 Å². The van der Waals surface area contributed by atoms with Gasteiger partial charge in [0.25, 0.3) is 5.91 Å². The van der Waals surface area contributed by atoms with Crippen LogP contribution in [0.2, 0.25) is 0 Å². The molecule has 0 aliphatic carbocycles. The van der Waals surface area contributed by atoms with Gasteiger partial charge in [0.15, 0.2) is 0 Å². The maximum atomic E-state index is 13.1. The number of sulfonamides is 1. The number of morpholine rings is 1. The summed E-state index contributed by atoms with van der Waals surface area (Å²) in [5, 5.41) is 4.81. The first-order valence-corrected chi connectivity index (χ1v) is 15.0. The molecule has 0 N–H and O–H groups in total. The lowest BCUT2D eigenvalue weighted by Crippen LogP contribution is -2.40. The van der Waals surface area contributed by atoms with E-state index < -0.39 is 10.0 Å². The zero-order chi connectivity index (χ0) is 26.9. The molecule has 1 amide bonds.